The van der Waals surface area contributed by atoms with Gasteiger partial charge < -0.3 is 5.32 Å². The van der Waals surface area contributed by atoms with Gasteiger partial charge in [-0.15, -0.1) is 31.4 Å². The predicted octanol–water partition coefficient (Wildman–Crippen LogP) is 3.50. The average molecular weight is 321 g/mol. The number of aryl methyl sites for hydroxylation is 1. The van der Waals surface area contributed by atoms with Gasteiger partial charge in [0.2, 0.25) is 0 Å². The van der Waals surface area contributed by atoms with Gasteiger partial charge in [-0.05, 0) is 25.0 Å². The van der Waals surface area contributed by atoms with Gasteiger partial charge in [-0.1, -0.05) is 18.2 Å². The minimum atomic E-state index is -0.0969. The van der Waals surface area contributed by atoms with E-state index in [1.165, 1.54) is 0 Å². The van der Waals surface area contributed by atoms with Crippen LogP contribution in [0.15, 0.2) is 30.9 Å². The highest BCUT2D eigenvalue weighted by molar-refractivity contribution is 5.85. The summed E-state index contributed by atoms with van der Waals surface area (Å²) in [4.78, 5) is 2.34. The normalized spacial score (nSPS) is 16.7. The van der Waals surface area contributed by atoms with Gasteiger partial charge in [0.15, 0.2) is 0 Å². The second-order valence-corrected chi connectivity index (χ2v) is 4.85. The molecule has 0 aliphatic carbocycles. The molecule has 5 heteroatoms. The van der Waals surface area contributed by atoms with Crippen molar-refractivity contribution in [2.24, 2.45) is 0 Å². The third-order valence-electron chi connectivity index (χ3n) is 3.50. The zero-order valence-electron chi connectivity index (χ0n) is 11.8. The monoisotopic (exact) mass is 320 g/mol. The van der Waals surface area contributed by atoms with Crippen LogP contribution < -0.4 is 5.32 Å². The van der Waals surface area contributed by atoms with Crippen molar-refractivity contribution in [2.75, 3.05) is 26.2 Å². The van der Waals surface area contributed by atoms with Crippen molar-refractivity contribution in [2.45, 2.75) is 19.4 Å². The van der Waals surface area contributed by atoms with E-state index in [1.54, 1.807) is 6.07 Å². The number of nitrogens with one attached hydrogen (secondary N) is 1. The van der Waals surface area contributed by atoms with E-state index in [0.29, 0.717) is 0 Å². The molecule has 1 atom stereocenters. The summed E-state index contributed by atoms with van der Waals surface area (Å²) in [7, 11) is 0. The van der Waals surface area contributed by atoms with Gasteiger partial charge in [0, 0.05) is 37.8 Å². The highest BCUT2D eigenvalue weighted by Crippen LogP contribution is 2.27. The Morgan fingerprint density at radius 1 is 1.35 bits per heavy atom. The third kappa shape index (κ3) is 4.74. The van der Waals surface area contributed by atoms with Crippen LogP contribution in [0.25, 0.3) is 0 Å². The molecule has 1 heterocycles. The Kier molecular flexibility index (Phi) is 9.06. The zero-order chi connectivity index (χ0) is 13.0. The van der Waals surface area contributed by atoms with E-state index in [-0.39, 0.29) is 36.7 Å². The fraction of sp³-hybridized carbons (Fsp3) is 0.467. The molecule has 0 bridgehead atoms. The summed E-state index contributed by atoms with van der Waals surface area (Å²) < 4.78 is 14.1. The van der Waals surface area contributed by atoms with Crippen LogP contribution in [0.4, 0.5) is 4.39 Å². The Balaban J connectivity index is 0.00000180. The Labute approximate surface area is 133 Å². The van der Waals surface area contributed by atoms with Crippen molar-refractivity contribution in [1.29, 1.82) is 0 Å². The number of benzene rings is 1. The molecule has 0 spiro atoms. The largest absolute Gasteiger partial charge is 0.314 e. The van der Waals surface area contributed by atoms with Crippen molar-refractivity contribution in [3.63, 3.8) is 0 Å². The molecule has 1 aliphatic rings. The lowest BCUT2D eigenvalue weighted by atomic mass is 9.99. The summed E-state index contributed by atoms with van der Waals surface area (Å²) >= 11 is 0. The van der Waals surface area contributed by atoms with E-state index in [9.17, 15) is 4.39 Å². The number of nitrogens with zero attached hydrogens (tertiary/aromatic N) is 1. The summed E-state index contributed by atoms with van der Waals surface area (Å²) in [6.45, 7) is 9.60. The Morgan fingerprint density at radius 3 is 2.55 bits per heavy atom. The topological polar surface area (TPSA) is 15.3 Å². The van der Waals surface area contributed by atoms with Gasteiger partial charge >= 0.3 is 0 Å². The maximum Gasteiger partial charge on any atom is 0.128 e. The van der Waals surface area contributed by atoms with Gasteiger partial charge in [0.05, 0.1) is 0 Å². The minimum absolute atomic E-state index is 0. The molecule has 2 rings (SSSR count). The molecule has 2 nitrogen and oxygen atoms in total. The molecule has 0 amide bonds. The van der Waals surface area contributed by atoms with Crippen molar-refractivity contribution in [3.05, 3.63) is 47.8 Å². The molecule has 20 heavy (non-hydrogen) atoms. The van der Waals surface area contributed by atoms with Crippen molar-refractivity contribution in [3.8, 4) is 0 Å². The smallest absolute Gasteiger partial charge is 0.128 e. The summed E-state index contributed by atoms with van der Waals surface area (Å²) in [5, 5.41) is 3.33. The average Bonchev–Trinajstić information content (AvgIpc) is 2.38. The molecule has 1 aliphatic heterocycles. The molecule has 114 valence electrons. The maximum atomic E-state index is 14.1. The van der Waals surface area contributed by atoms with Gasteiger partial charge in [-0.3, -0.25) is 4.90 Å². The number of halogens is 3. The van der Waals surface area contributed by atoms with E-state index in [1.807, 2.05) is 25.1 Å². The SMILES string of the molecule is C=CC[C@H](c1ccc(C)cc1F)N1CCNCC1.Cl.Cl. The van der Waals surface area contributed by atoms with Crippen LogP contribution in [-0.2, 0) is 0 Å². The summed E-state index contributed by atoms with van der Waals surface area (Å²) in [5.74, 6) is -0.0969. The summed E-state index contributed by atoms with van der Waals surface area (Å²) in [6.07, 6.45) is 2.67. The molecule has 0 saturated carbocycles. The van der Waals surface area contributed by atoms with Crippen molar-refractivity contribution >= 4 is 24.8 Å². The van der Waals surface area contributed by atoms with E-state index in [4.69, 9.17) is 0 Å². The molecule has 0 radical (unpaired) electrons. The lowest BCUT2D eigenvalue weighted by Gasteiger charge is -2.35. The van der Waals surface area contributed by atoms with Gasteiger partial charge in [0.25, 0.3) is 0 Å². The number of piperazine rings is 1. The Hall–Kier alpha value is -0.610. The van der Waals surface area contributed by atoms with E-state index in [0.717, 1.165) is 43.7 Å². The number of hydrogen-bond donors (Lipinski definition) is 1. The third-order valence-corrected chi connectivity index (χ3v) is 3.50. The fourth-order valence-corrected chi connectivity index (χ4v) is 2.53. The first-order valence-corrected chi connectivity index (χ1v) is 6.54. The second kappa shape index (κ2) is 9.35. The lowest BCUT2D eigenvalue weighted by Crippen LogP contribution is -2.45. The molecule has 1 N–H and O–H groups in total. The zero-order valence-corrected chi connectivity index (χ0v) is 13.4. The first-order chi connectivity index (χ1) is 8.72. The van der Waals surface area contributed by atoms with E-state index < -0.39 is 0 Å². The van der Waals surface area contributed by atoms with Crippen LogP contribution in [-0.4, -0.2) is 31.1 Å². The number of rotatable bonds is 4. The summed E-state index contributed by atoms with van der Waals surface area (Å²) in [6, 6.07) is 5.63. The van der Waals surface area contributed by atoms with Gasteiger partial charge in [-0.2, -0.15) is 0 Å². The van der Waals surface area contributed by atoms with Crippen LogP contribution in [0, 0.1) is 12.7 Å². The highest BCUT2D eigenvalue weighted by Gasteiger charge is 2.23. The molecule has 1 aromatic rings. The maximum absolute atomic E-state index is 14.1. The second-order valence-electron chi connectivity index (χ2n) is 4.85. The standard InChI is InChI=1S/C15H21FN2.2ClH/c1-3-4-15(18-9-7-17-8-10-18)13-6-5-12(2)11-14(13)16;;/h3,5-6,11,15,17H,1,4,7-10H2,2H3;2*1H/t15-;;/m1../s1. The predicted molar refractivity (Wildman–Crippen MR) is 87.6 cm³/mol. The molecule has 0 aromatic heterocycles. The summed E-state index contributed by atoms with van der Waals surface area (Å²) in [5.41, 5.74) is 1.76. The van der Waals surface area contributed by atoms with Crippen LogP contribution in [0.5, 0.6) is 0 Å². The minimum Gasteiger partial charge on any atom is -0.314 e. The van der Waals surface area contributed by atoms with E-state index in [2.05, 4.69) is 16.8 Å². The Morgan fingerprint density at radius 2 is 2.00 bits per heavy atom. The molecular formula is C15H23Cl2FN2. The molecule has 1 saturated heterocycles. The first-order valence-electron chi connectivity index (χ1n) is 6.54. The van der Waals surface area contributed by atoms with Crippen LogP contribution in [0.2, 0.25) is 0 Å². The molecular weight excluding hydrogens is 298 g/mol. The van der Waals surface area contributed by atoms with Gasteiger partial charge in [-0.25, -0.2) is 4.39 Å². The van der Waals surface area contributed by atoms with Crippen LogP contribution >= 0.6 is 24.8 Å². The molecule has 0 unspecified atom stereocenters. The van der Waals surface area contributed by atoms with Crippen molar-refractivity contribution in [1.82, 2.24) is 10.2 Å². The fourth-order valence-electron chi connectivity index (χ4n) is 2.53. The lowest BCUT2D eigenvalue weighted by molar-refractivity contribution is 0.171. The molecule has 1 aromatic carbocycles. The van der Waals surface area contributed by atoms with Gasteiger partial charge in [0.1, 0.15) is 5.82 Å². The van der Waals surface area contributed by atoms with E-state index >= 15 is 0 Å². The Bertz CT molecular complexity index is 420. The quantitative estimate of drug-likeness (QED) is 0.854. The highest BCUT2D eigenvalue weighted by atomic mass is 35.5. The van der Waals surface area contributed by atoms with Crippen LogP contribution in [0.1, 0.15) is 23.6 Å². The molecule has 1 fully saturated rings. The van der Waals surface area contributed by atoms with Crippen LogP contribution in [0.3, 0.4) is 0 Å². The number of hydrogen-bond acceptors (Lipinski definition) is 2. The first kappa shape index (κ1) is 19.4. The van der Waals surface area contributed by atoms with Crippen molar-refractivity contribution < 1.29 is 4.39 Å².